The highest BCUT2D eigenvalue weighted by molar-refractivity contribution is 8.01. The van der Waals surface area contributed by atoms with Crippen molar-refractivity contribution in [3.8, 4) is 11.1 Å². The number of aryl methyl sites for hydroxylation is 1. The number of nitrogens with one attached hydrogen (secondary N) is 1. The summed E-state index contributed by atoms with van der Waals surface area (Å²) in [6, 6.07) is 24.3. The maximum atomic E-state index is 11.3. The van der Waals surface area contributed by atoms with Gasteiger partial charge in [0.05, 0.1) is 18.8 Å². The van der Waals surface area contributed by atoms with Gasteiger partial charge in [-0.1, -0.05) is 89.8 Å². The van der Waals surface area contributed by atoms with Gasteiger partial charge in [0.25, 0.3) is 0 Å². The minimum atomic E-state index is -0.511. The summed E-state index contributed by atoms with van der Waals surface area (Å²) in [5, 5.41) is 21.6. The van der Waals surface area contributed by atoms with Gasteiger partial charge in [0, 0.05) is 31.2 Å². The normalized spacial score (nSPS) is 19.1. The summed E-state index contributed by atoms with van der Waals surface area (Å²) >= 11 is 3.25. The van der Waals surface area contributed by atoms with E-state index < -0.39 is 6.29 Å². The molecule has 1 aliphatic heterocycles. The van der Waals surface area contributed by atoms with Crippen LogP contribution in [0, 0.1) is 6.92 Å². The number of rotatable bonds is 9. The molecule has 202 valence electrons. The van der Waals surface area contributed by atoms with Crippen LogP contribution in [0.4, 0.5) is 0 Å². The van der Waals surface area contributed by atoms with E-state index in [1.807, 2.05) is 43.3 Å². The average Bonchev–Trinajstić information content (AvgIpc) is 3.40. The Kier molecular flexibility index (Phi) is 9.06. The molecule has 0 radical (unpaired) electrons. The maximum Gasteiger partial charge on any atom is 0.217 e. The molecule has 0 aliphatic carbocycles. The Morgan fingerprint density at radius 3 is 2.46 bits per heavy atom. The quantitative estimate of drug-likeness (QED) is 0.243. The van der Waals surface area contributed by atoms with Gasteiger partial charge in [-0.25, -0.2) is 0 Å². The summed E-state index contributed by atoms with van der Waals surface area (Å²) in [6.07, 6.45) is 0.0380. The molecule has 3 aromatic carbocycles. The van der Waals surface area contributed by atoms with Gasteiger partial charge in [0.15, 0.2) is 10.6 Å². The van der Waals surface area contributed by atoms with Crippen LogP contribution in [0.3, 0.4) is 0 Å². The first-order valence-corrected chi connectivity index (χ1v) is 14.6. The number of carbonyl (C=O) groups is 1. The summed E-state index contributed by atoms with van der Waals surface area (Å²) in [7, 11) is 0. The minimum absolute atomic E-state index is 0.0145. The molecule has 4 aromatic rings. The number of aromatic nitrogens is 2. The van der Waals surface area contributed by atoms with Gasteiger partial charge in [-0.3, -0.25) is 4.79 Å². The van der Waals surface area contributed by atoms with Crippen LogP contribution in [-0.4, -0.2) is 33.1 Å². The zero-order valence-electron chi connectivity index (χ0n) is 21.9. The van der Waals surface area contributed by atoms with Crippen LogP contribution < -0.4 is 5.32 Å². The lowest BCUT2D eigenvalue weighted by atomic mass is 9.99. The molecule has 1 aromatic heterocycles. The van der Waals surface area contributed by atoms with Crippen molar-refractivity contribution in [2.45, 2.75) is 56.3 Å². The number of nitrogens with zero attached hydrogens (tertiary/aromatic N) is 2. The Bertz CT molecular complexity index is 1390. The predicted molar refractivity (Wildman–Crippen MR) is 153 cm³/mol. The van der Waals surface area contributed by atoms with E-state index in [1.165, 1.54) is 6.92 Å². The molecule has 1 fully saturated rings. The van der Waals surface area contributed by atoms with Crippen LogP contribution in [0.5, 0.6) is 0 Å². The second-order valence-electron chi connectivity index (χ2n) is 9.48. The monoisotopic (exact) mass is 561 g/mol. The van der Waals surface area contributed by atoms with Crippen molar-refractivity contribution in [3.05, 3.63) is 100 Å². The highest BCUT2D eigenvalue weighted by Gasteiger charge is 2.32. The first-order valence-electron chi connectivity index (χ1n) is 12.8. The lowest BCUT2D eigenvalue weighted by Crippen LogP contribution is -2.31. The van der Waals surface area contributed by atoms with E-state index in [2.05, 4.69) is 51.9 Å². The highest BCUT2D eigenvalue weighted by Crippen LogP contribution is 2.40. The number of hydrogen-bond acceptors (Lipinski definition) is 8. The largest absolute Gasteiger partial charge is 0.392 e. The molecular formula is C30H31N3O4S2. The highest BCUT2D eigenvalue weighted by atomic mass is 32.2. The fourth-order valence-electron chi connectivity index (χ4n) is 4.44. The summed E-state index contributed by atoms with van der Waals surface area (Å²) in [4.78, 5) is 11.3. The number of hydrogen-bond donors (Lipinski definition) is 2. The van der Waals surface area contributed by atoms with Crippen LogP contribution >= 0.6 is 23.1 Å². The topological polar surface area (TPSA) is 93.6 Å². The fourth-order valence-corrected chi connectivity index (χ4v) is 6.30. The van der Waals surface area contributed by atoms with E-state index in [9.17, 15) is 9.90 Å². The number of benzene rings is 3. The second-order valence-corrected chi connectivity index (χ2v) is 11.9. The SMILES string of the molecule is CC(=O)NCc1cccc(-c2ccc(C3OC(CSc4nnc(C)s4)CC(c4ccc(CO)cc4)O3)cc2)c1. The van der Waals surface area contributed by atoms with Crippen molar-refractivity contribution in [1.29, 1.82) is 0 Å². The summed E-state index contributed by atoms with van der Waals surface area (Å²) in [5.74, 6) is 0.703. The van der Waals surface area contributed by atoms with E-state index >= 15 is 0 Å². The third-order valence-electron chi connectivity index (χ3n) is 6.50. The first kappa shape index (κ1) is 27.5. The molecule has 9 heteroatoms. The number of thioether (sulfide) groups is 1. The lowest BCUT2D eigenvalue weighted by molar-refractivity contribution is -0.245. The molecule has 1 aliphatic rings. The van der Waals surface area contributed by atoms with Gasteiger partial charge in [0.2, 0.25) is 5.91 Å². The van der Waals surface area contributed by atoms with Gasteiger partial charge in [-0.15, -0.1) is 10.2 Å². The van der Waals surface area contributed by atoms with Crippen LogP contribution in [0.2, 0.25) is 0 Å². The average molecular weight is 562 g/mol. The van der Waals surface area contributed by atoms with Crippen LogP contribution in [0.1, 0.15) is 53.0 Å². The van der Waals surface area contributed by atoms with Gasteiger partial charge in [0.1, 0.15) is 5.01 Å². The Labute approximate surface area is 236 Å². The van der Waals surface area contributed by atoms with Crippen molar-refractivity contribution >= 4 is 29.0 Å². The molecule has 1 amide bonds. The standard InChI is InChI=1S/C30H31N3O4S2/c1-19(35)31-16-22-4-3-5-26(14-22)23-10-12-25(13-11-23)29-36-27(18-38-30-33-32-20(2)39-30)15-28(37-29)24-8-6-21(17-34)7-9-24/h3-14,27-29,34H,15-18H2,1-2H3,(H,31,35). The van der Waals surface area contributed by atoms with Crippen molar-refractivity contribution in [2.75, 3.05) is 5.75 Å². The minimum Gasteiger partial charge on any atom is -0.392 e. The first-order chi connectivity index (χ1) is 19.0. The van der Waals surface area contributed by atoms with Gasteiger partial charge >= 0.3 is 0 Å². The molecule has 2 heterocycles. The lowest BCUT2D eigenvalue weighted by Gasteiger charge is -2.36. The Morgan fingerprint density at radius 1 is 1.00 bits per heavy atom. The van der Waals surface area contributed by atoms with Crippen molar-refractivity contribution in [3.63, 3.8) is 0 Å². The predicted octanol–water partition coefficient (Wildman–Crippen LogP) is 5.98. The van der Waals surface area contributed by atoms with Crippen molar-refractivity contribution in [1.82, 2.24) is 15.5 Å². The maximum absolute atomic E-state index is 11.3. The molecular weight excluding hydrogens is 530 g/mol. The van der Waals surface area contributed by atoms with Crippen molar-refractivity contribution < 1.29 is 19.4 Å². The van der Waals surface area contributed by atoms with Crippen LogP contribution in [-0.2, 0) is 27.4 Å². The Hall–Kier alpha value is -3.08. The second kappa shape index (κ2) is 12.8. The molecule has 2 N–H and O–H groups in total. The number of aliphatic hydroxyl groups is 1. The van der Waals surface area contributed by atoms with Gasteiger partial charge < -0.3 is 19.9 Å². The smallest absolute Gasteiger partial charge is 0.217 e. The molecule has 7 nitrogen and oxygen atoms in total. The fraction of sp³-hybridized carbons (Fsp3) is 0.300. The molecule has 0 bridgehead atoms. The Morgan fingerprint density at radius 2 is 1.77 bits per heavy atom. The number of aliphatic hydroxyl groups excluding tert-OH is 1. The van der Waals surface area contributed by atoms with Crippen LogP contribution in [0.15, 0.2) is 77.1 Å². The molecule has 3 atom stereocenters. The summed E-state index contributed by atoms with van der Waals surface area (Å²) < 4.78 is 13.9. The zero-order chi connectivity index (χ0) is 27.2. The van der Waals surface area contributed by atoms with E-state index in [1.54, 1.807) is 23.1 Å². The molecule has 0 saturated carbocycles. The van der Waals surface area contributed by atoms with Gasteiger partial charge in [-0.2, -0.15) is 0 Å². The molecule has 5 rings (SSSR count). The summed E-state index contributed by atoms with van der Waals surface area (Å²) in [5.41, 5.74) is 6.10. The number of amides is 1. The number of carbonyl (C=O) groups excluding carboxylic acids is 1. The van der Waals surface area contributed by atoms with Crippen molar-refractivity contribution in [2.24, 2.45) is 0 Å². The molecule has 0 spiro atoms. The zero-order valence-corrected chi connectivity index (χ0v) is 23.5. The van der Waals surface area contributed by atoms with E-state index in [0.717, 1.165) is 54.9 Å². The molecule has 3 unspecified atom stereocenters. The third kappa shape index (κ3) is 7.32. The number of ether oxygens (including phenoxy) is 2. The Balaban J connectivity index is 1.33. The third-order valence-corrected chi connectivity index (χ3v) is 8.60. The molecule has 1 saturated heterocycles. The van der Waals surface area contributed by atoms with E-state index in [4.69, 9.17) is 9.47 Å². The van der Waals surface area contributed by atoms with E-state index in [0.29, 0.717) is 6.54 Å². The van der Waals surface area contributed by atoms with Gasteiger partial charge in [-0.05, 0) is 40.8 Å². The molecule has 39 heavy (non-hydrogen) atoms. The van der Waals surface area contributed by atoms with E-state index in [-0.39, 0.29) is 24.7 Å². The summed E-state index contributed by atoms with van der Waals surface area (Å²) in [6.45, 7) is 3.99. The van der Waals surface area contributed by atoms with Crippen LogP contribution in [0.25, 0.3) is 11.1 Å².